The summed E-state index contributed by atoms with van der Waals surface area (Å²) in [4.78, 5) is 18.0. The molecule has 0 fully saturated rings. The summed E-state index contributed by atoms with van der Waals surface area (Å²) in [6.07, 6.45) is 0.794. The van der Waals surface area contributed by atoms with E-state index in [1.165, 1.54) is 0 Å². The topological polar surface area (TPSA) is 82.8 Å². The quantitative estimate of drug-likeness (QED) is 0.629. The lowest BCUT2D eigenvalue weighted by Crippen LogP contribution is -2.49. The van der Waals surface area contributed by atoms with Gasteiger partial charge in [0.1, 0.15) is 5.76 Å². The molecule has 1 heterocycles. The van der Waals surface area contributed by atoms with Gasteiger partial charge in [-0.15, -0.1) is 0 Å². The summed E-state index contributed by atoms with van der Waals surface area (Å²) in [5, 5.41) is 10.1. The number of aliphatic imine (C=N–C) groups is 1. The first kappa shape index (κ1) is 19.0. The van der Waals surface area contributed by atoms with E-state index in [1.807, 2.05) is 41.7 Å². The molecule has 0 atom stereocenters. The Kier molecular flexibility index (Phi) is 6.60. The Balaban J connectivity index is 2.49. The van der Waals surface area contributed by atoms with Crippen LogP contribution in [0.15, 0.2) is 9.52 Å². The Morgan fingerprint density at radius 2 is 2.00 bits per heavy atom. The second-order valence-corrected chi connectivity index (χ2v) is 6.68. The summed E-state index contributed by atoms with van der Waals surface area (Å²) in [6, 6.07) is 0. The van der Waals surface area contributed by atoms with E-state index in [9.17, 15) is 4.79 Å². The lowest BCUT2D eigenvalue weighted by molar-refractivity contribution is -0.122. The van der Waals surface area contributed by atoms with Crippen LogP contribution in [0, 0.1) is 13.8 Å². The predicted octanol–water partition coefficient (Wildman–Crippen LogP) is 1.26. The molecule has 1 amide bonds. The van der Waals surface area contributed by atoms with Crippen molar-refractivity contribution in [2.45, 2.75) is 46.6 Å². The van der Waals surface area contributed by atoms with Gasteiger partial charge < -0.3 is 20.1 Å². The zero-order valence-corrected chi connectivity index (χ0v) is 15.3. The molecule has 130 valence electrons. The van der Waals surface area contributed by atoms with Crippen molar-refractivity contribution >= 4 is 11.9 Å². The van der Waals surface area contributed by atoms with E-state index in [0.29, 0.717) is 12.5 Å². The predicted molar refractivity (Wildman–Crippen MR) is 91.6 cm³/mol. The highest BCUT2D eigenvalue weighted by atomic mass is 16.5. The van der Waals surface area contributed by atoms with Crippen molar-refractivity contribution in [1.82, 2.24) is 20.7 Å². The van der Waals surface area contributed by atoms with Crippen LogP contribution in [0.5, 0.6) is 0 Å². The van der Waals surface area contributed by atoms with Crippen LogP contribution in [-0.2, 0) is 11.2 Å². The molecule has 0 bridgehead atoms. The fourth-order valence-corrected chi connectivity index (χ4v) is 2.29. The standard InChI is InChI=1S/C16H29N5O2/c1-11-13(12(2)23-20-11)8-9-18-15(17-6)21(7)10-14(22)19-16(3,4)5/h8-10H2,1-7H3,(H,17,18)(H,19,22). The van der Waals surface area contributed by atoms with Crippen LogP contribution >= 0.6 is 0 Å². The van der Waals surface area contributed by atoms with Crippen molar-refractivity contribution in [1.29, 1.82) is 0 Å². The number of aryl methyl sites for hydroxylation is 2. The van der Waals surface area contributed by atoms with E-state index in [0.717, 1.165) is 23.4 Å². The molecule has 0 aliphatic rings. The van der Waals surface area contributed by atoms with E-state index in [2.05, 4.69) is 20.8 Å². The first-order chi connectivity index (χ1) is 10.6. The molecule has 1 aromatic rings. The van der Waals surface area contributed by atoms with Gasteiger partial charge in [0.2, 0.25) is 5.91 Å². The first-order valence-corrected chi connectivity index (χ1v) is 7.78. The Morgan fingerprint density at radius 3 is 2.48 bits per heavy atom. The fourth-order valence-electron chi connectivity index (χ4n) is 2.29. The third kappa shape index (κ3) is 6.30. The zero-order valence-electron chi connectivity index (χ0n) is 15.3. The number of rotatable bonds is 5. The Morgan fingerprint density at radius 1 is 1.35 bits per heavy atom. The minimum absolute atomic E-state index is 0.0336. The van der Waals surface area contributed by atoms with E-state index in [4.69, 9.17) is 4.52 Å². The summed E-state index contributed by atoms with van der Waals surface area (Å²) in [7, 11) is 3.55. The minimum Gasteiger partial charge on any atom is -0.361 e. The highest BCUT2D eigenvalue weighted by molar-refractivity contribution is 5.86. The third-order valence-electron chi connectivity index (χ3n) is 3.31. The van der Waals surface area contributed by atoms with Gasteiger partial charge in [0.05, 0.1) is 12.2 Å². The normalized spacial score (nSPS) is 12.2. The molecule has 0 spiro atoms. The molecule has 0 aliphatic carbocycles. The number of hydrogen-bond acceptors (Lipinski definition) is 4. The van der Waals surface area contributed by atoms with E-state index >= 15 is 0 Å². The monoisotopic (exact) mass is 323 g/mol. The maximum Gasteiger partial charge on any atom is 0.240 e. The number of carbonyl (C=O) groups excluding carboxylic acids is 1. The SMILES string of the molecule is CN=C(NCCc1c(C)noc1C)N(C)CC(=O)NC(C)(C)C. The fraction of sp³-hybridized carbons (Fsp3) is 0.688. The molecule has 0 radical (unpaired) electrons. The molecule has 0 unspecified atom stereocenters. The summed E-state index contributed by atoms with van der Waals surface area (Å²) in [6.45, 7) is 10.7. The van der Waals surface area contributed by atoms with Gasteiger partial charge >= 0.3 is 0 Å². The largest absolute Gasteiger partial charge is 0.361 e. The number of nitrogens with zero attached hydrogens (tertiary/aromatic N) is 3. The Labute approximate surface area is 138 Å². The maximum absolute atomic E-state index is 12.0. The minimum atomic E-state index is -0.238. The molecule has 7 nitrogen and oxygen atoms in total. The summed E-state index contributed by atoms with van der Waals surface area (Å²) in [5.41, 5.74) is 1.79. The van der Waals surface area contributed by atoms with Gasteiger partial charge in [-0.25, -0.2) is 0 Å². The average molecular weight is 323 g/mol. The van der Waals surface area contributed by atoms with Gasteiger partial charge in [0, 0.05) is 31.7 Å². The molecule has 0 saturated carbocycles. The number of guanidine groups is 1. The van der Waals surface area contributed by atoms with Gasteiger partial charge in [0.15, 0.2) is 5.96 Å². The van der Waals surface area contributed by atoms with E-state index < -0.39 is 0 Å². The number of hydrogen-bond donors (Lipinski definition) is 2. The van der Waals surface area contributed by atoms with Crippen molar-refractivity contribution in [2.24, 2.45) is 4.99 Å². The lowest BCUT2D eigenvalue weighted by Gasteiger charge is -2.25. The molecule has 2 N–H and O–H groups in total. The van der Waals surface area contributed by atoms with Crippen LogP contribution in [0.1, 0.15) is 37.8 Å². The highest BCUT2D eigenvalue weighted by Crippen LogP contribution is 2.12. The molecular weight excluding hydrogens is 294 g/mol. The molecule has 0 aliphatic heterocycles. The summed E-state index contributed by atoms with van der Waals surface area (Å²) < 4.78 is 5.15. The Bertz CT molecular complexity index is 538. The molecule has 0 aromatic carbocycles. The average Bonchev–Trinajstić information content (AvgIpc) is 2.72. The van der Waals surface area contributed by atoms with Crippen LogP contribution < -0.4 is 10.6 Å². The number of aromatic nitrogens is 1. The number of likely N-dealkylation sites (N-methyl/N-ethyl adjacent to an activating group) is 1. The molecular formula is C16H29N5O2. The number of amides is 1. The van der Waals surface area contributed by atoms with Gasteiger partial charge in [-0.2, -0.15) is 0 Å². The molecule has 1 aromatic heterocycles. The number of nitrogens with one attached hydrogen (secondary N) is 2. The Hall–Kier alpha value is -2.05. The second-order valence-electron chi connectivity index (χ2n) is 6.68. The van der Waals surface area contributed by atoms with Gasteiger partial charge in [-0.3, -0.25) is 9.79 Å². The van der Waals surface area contributed by atoms with Crippen molar-refractivity contribution in [2.75, 3.05) is 27.2 Å². The third-order valence-corrected chi connectivity index (χ3v) is 3.31. The van der Waals surface area contributed by atoms with Crippen LogP contribution in [0.2, 0.25) is 0 Å². The van der Waals surface area contributed by atoms with E-state index in [1.54, 1.807) is 11.9 Å². The molecule has 0 saturated heterocycles. The molecule has 7 heteroatoms. The van der Waals surface area contributed by atoms with Crippen molar-refractivity contribution in [3.8, 4) is 0 Å². The molecule has 23 heavy (non-hydrogen) atoms. The lowest BCUT2D eigenvalue weighted by atomic mass is 10.1. The molecule has 1 rings (SSSR count). The van der Waals surface area contributed by atoms with Crippen molar-refractivity contribution in [3.63, 3.8) is 0 Å². The maximum atomic E-state index is 12.0. The smallest absolute Gasteiger partial charge is 0.240 e. The summed E-state index contributed by atoms with van der Waals surface area (Å²) >= 11 is 0. The van der Waals surface area contributed by atoms with Gasteiger partial charge in [0.25, 0.3) is 0 Å². The van der Waals surface area contributed by atoms with Gasteiger partial charge in [-0.1, -0.05) is 5.16 Å². The first-order valence-electron chi connectivity index (χ1n) is 7.78. The second kappa shape index (κ2) is 7.99. The highest BCUT2D eigenvalue weighted by Gasteiger charge is 2.17. The van der Waals surface area contributed by atoms with Crippen LogP contribution in [0.25, 0.3) is 0 Å². The van der Waals surface area contributed by atoms with Gasteiger partial charge in [-0.05, 0) is 41.0 Å². The van der Waals surface area contributed by atoms with Crippen molar-refractivity contribution in [3.05, 3.63) is 17.0 Å². The van der Waals surface area contributed by atoms with Crippen LogP contribution in [0.3, 0.4) is 0 Å². The number of carbonyl (C=O) groups is 1. The van der Waals surface area contributed by atoms with Crippen LogP contribution in [-0.4, -0.2) is 54.6 Å². The van der Waals surface area contributed by atoms with E-state index in [-0.39, 0.29) is 18.0 Å². The zero-order chi connectivity index (χ0) is 17.6. The summed E-state index contributed by atoms with van der Waals surface area (Å²) in [5.74, 6) is 1.49. The van der Waals surface area contributed by atoms with Crippen LogP contribution in [0.4, 0.5) is 0 Å². The van der Waals surface area contributed by atoms with Crippen molar-refractivity contribution < 1.29 is 9.32 Å².